The molecule has 0 aliphatic heterocycles. The Kier molecular flexibility index (Phi) is 4.21. The van der Waals surface area contributed by atoms with E-state index in [1.165, 1.54) is 14.1 Å². The van der Waals surface area contributed by atoms with Crippen molar-refractivity contribution >= 4 is 17.9 Å². The monoisotopic (exact) mass is 301 g/mol. The summed E-state index contributed by atoms with van der Waals surface area (Å²) in [5.41, 5.74) is 7.36. The summed E-state index contributed by atoms with van der Waals surface area (Å²) in [6, 6.07) is 8.49. The van der Waals surface area contributed by atoms with Crippen molar-refractivity contribution in [2.24, 2.45) is 19.2 Å². The molecule has 1 aromatic carbocycles. The maximum absolute atomic E-state index is 12.0. The van der Waals surface area contributed by atoms with Gasteiger partial charge in [0.25, 0.3) is 11.5 Å². The predicted octanol–water partition coefficient (Wildman–Crippen LogP) is -0.570. The molecule has 8 heteroatoms. The van der Waals surface area contributed by atoms with Gasteiger partial charge in [-0.05, 0) is 12.1 Å². The summed E-state index contributed by atoms with van der Waals surface area (Å²) in [6.07, 6.45) is 1.12. The molecular formula is C14H15N5O3. The van der Waals surface area contributed by atoms with Crippen LogP contribution in [0.15, 0.2) is 45.0 Å². The second kappa shape index (κ2) is 6.08. The minimum atomic E-state index is -0.585. The minimum absolute atomic E-state index is 0.0224. The zero-order chi connectivity index (χ0) is 16.3. The number of hydrogen-bond acceptors (Lipinski definition) is 5. The van der Waals surface area contributed by atoms with Crippen LogP contribution in [0.1, 0.15) is 15.9 Å². The largest absolute Gasteiger partial charge is 0.384 e. The molecule has 0 fully saturated rings. The lowest BCUT2D eigenvalue weighted by molar-refractivity contribution is 0.0955. The summed E-state index contributed by atoms with van der Waals surface area (Å²) >= 11 is 0. The molecule has 114 valence electrons. The Balaban J connectivity index is 2.27. The first-order valence-corrected chi connectivity index (χ1v) is 6.37. The molecule has 0 radical (unpaired) electrons. The Morgan fingerprint density at radius 1 is 1.18 bits per heavy atom. The minimum Gasteiger partial charge on any atom is -0.384 e. The number of aromatic nitrogens is 2. The summed E-state index contributed by atoms with van der Waals surface area (Å²) in [4.78, 5) is 35.4. The van der Waals surface area contributed by atoms with Gasteiger partial charge in [0.1, 0.15) is 11.4 Å². The second-order valence-corrected chi connectivity index (χ2v) is 4.57. The Labute approximate surface area is 125 Å². The maximum atomic E-state index is 12.0. The summed E-state index contributed by atoms with van der Waals surface area (Å²) in [5, 5.41) is 3.72. The zero-order valence-corrected chi connectivity index (χ0v) is 12.1. The number of benzene rings is 1. The van der Waals surface area contributed by atoms with Gasteiger partial charge in [-0.15, -0.1) is 0 Å². The summed E-state index contributed by atoms with van der Waals surface area (Å²) in [7, 11) is 2.78. The van der Waals surface area contributed by atoms with E-state index in [-0.39, 0.29) is 11.4 Å². The van der Waals surface area contributed by atoms with E-state index in [1.807, 2.05) is 0 Å². The molecule has 0 aliphatic carbocycles. The third kappa shape index (κ3) is 2.80. The van der Waals surface area contributed by atoms with Gasteiger partial charge in [0, 0.05) is 19.7 Å². The van der Waals surface area contributed by atoms with Crippen molar-refractivity contribution in [3.05, 3.63) is 62.3 Å². The molecule has 3 N–H and O–H groups in total. The van der Waals surface area contributed by atoms with Crippen LogP contribution in [0.5, 0.6) is 0 Å². The summed E-state index contributed by atoms with van der Waals surface area (Å²) < 4.78 is 2.04. The molecule has 0 bridgehead atoms. The van der Waals surface area contributed by atoms with Crippen LogP contribution in [-0.4, -0.2) is 21.3 Å². The highest BCUT2D eigenvalue weighted by Gasteiger charge is 2.11. The molecular weight excluding hydrogens is 286 g/mol. The second-order valence-electron chi connectivity index (χ2n) is 4.57. The average Bonchev–Trinajstić information content (AvgIpc) is 2.55. The van der Waals surface area contributed by atoms with Crippen molar-refractivity contribution in [2.75, 3.05) is 5.73 Å². The summed E-state index contributed by atoms with van der Waals surface area (Å²) in [5.74, 6) is -0.442. The van der Waals surface area contributed by atoms with E-state index < -0.39 is 17.2 Å². The normalized spacial score (nSPS) is 10.8. The standard InChI is InChI=1S/C14H15N5O3/c1-18-11(15)10(13(21)19(2)14(18)22)8-16-17-12(20)9-6-4-3-5-7-9/h3-8H,15H2,1-2H3,(H,17,20). The molecule has 1 heterocycles. The van der Waals surface area contributed by atoms with Crippen LogP contribution >= 0.6 is 0 Å². The number of nitrogens with zero attached hydrogens (tertiary/aromatic N) is 3. The Morgan fingerprint density at radius 2 is 1.82 bits per heavy atom. The SMILES string of the molecule is Cn1c(N)c(C=NNC(=O)c2ccccc2)c(=O)n(C)c1=O. The van der Waals surface area contributed by atoms with Crippen LogP contribution in [0, 0.1) is 0 Å². The van der Waals surface area contributed by atoms with Crippen LogP contribution < -0.4 is 22.4 Å². The third-order valence-corrected chi connectivity index (χ3v) is 3.14. The van der Waals surface area contributed by atoms with Gasteiger partial charge in [-0.3, -0.25) is 18.7 Å². The van der Waals surface area contributed by atoms with E-state index >= 15 is 0 Å². The van der Waals surface area contributed by atoms with Crippen LogP contribution in [0.25, 0.3) is 0 Å². The number of nitrogens with one attached hydrogen (secondary N) is 1. The Hall–Kier alpha value is -3.16. The van der Waals surface area contributed by atoms with Crippen molar-refractivity contribution in [2.45, 2.75) is 0 Å². The highest BCUT2D eigenvalue weighted by Crippen LogP contribution is 2.00. The molecule has 0 spiro atoms. The van der Waals surface area contributed by atoms with Crippen molar-refractivity contribution in [3.63, 3.8) is 0 Å². The number of nitrogen functional groups attached to an aromatic ring is 1. The molecule has 22 heavy (non-hydrogen) atoms. The highest BCUT2D eigenvalue weighted by molar-refractivity contribution is 5.95. The van der Waals surface area contributed by atoms with Gasteiger partial charge in [0.05, 0.1) is 6.21 Å². The Morgan fingerprint density at radius 3 is 2.45 bits per heavy atom. The first-order chi connectivity index (χ1) is 10.4. The summed E-state index contributed by atoms with van der Waals surface area (Å²) in [6.45, 7) is 0. The number of amides is 1. The first-order valence-electron chi connectivity index (χ1n) is 6.37. The topological polar surface area (TPSA) is 111 Å². The fourth-order valence-electron chi connectivity index (χ4n) is 1.82. The number of hydrogen-bond donors (Lipinski definition) is 2. The van der Waals surface area contributed by atoms with E-state index in [1.54, 1.807) is 30.3 Å². The lowest BCUT2D eigenvalue weighted by Crippen LogP contribution is -2.40. The molecule has 2 rings (SSSR count). The lowest BCUT2D eigenvalue weighted by Gasteiger charge is -2.08. The van der Waals surface area contributed by atoms with Crippen molar-refractivity contribution in [1.29, 1.82) is 0 Å². The van der Waals surface area contributed by atoms with Gasteiger partial charge in [-0.1, -0.05) is 18.2 Å². The number of nitrogens with two attached hydrogens (primary N) is 1. The van der Waals surface area contributed by atoms with Crippen molar-refractivity contribution in [3.8, 4) is 0 Å². The molecule has 0 atom stereocenters. The number of rotatable bonds is 3. The lowest BCUT2D eigenvalue weighted by atomic mass is 10.2. The molecule has 2 aromatic rings. The van der Waals surface area contributed by atoms with E-state index in [9.17, 15) is 14.4 Å². The molecule has 0 saturated heterocycles. The molecule has 0 aliphatic rings. The van der Waals surface area contributed by atoms with Crippen LogP contribution in [-0.2, 0) is 14.1 Å². The van der Waals surface area contributed by atoms with E-state index in [2.05, 4.69) is 10.5 Å². The number of carbonyl (C=O) groups excluding carboxylic acids is 1. The molecule has 0 unspecified atom stereocenters. The quantitative estimate of drug-likeness (QED) is 0.584. The number of hydrazone groups is 1. The predicted molar refractivity (Wildman–Crippen MR) is 82.8 cm³/mol. The third-order valence-electron chi connectivity index (χ3n) is 3.14. The number of carbonyl (C=O) groups is 1. The number of anilines is 1. The van der Waals surface area contributed by atoms with Crippen molar-refractivity contribution < 1.29 is 4.79 Å². The molecule has 1 amide bonds. The molecule has 8 nitrogen and oxygen atoms in total. The average molecular weight is 301 g/mol. The van der Waals surface area contributed by atoms with Crippen molar-refractivity contribution in [1.82, 2.24) is 14.6 Å². The highest BCUT2D eigenvalue weighted by atomic mass is 16.2. The van der Waals surface area contributed by atoms with Gasteiger partial charge in [-0.25, -0.2) is 10.2 Å². The Bertz CT molecular complexity index is 849. The maximum Gasteiger partial charge on any atom is 0.332 e. The van der Waals surface area contributed by atoms with Gasteiger partial charge in [0.15, 0.2) is 0 Å². The van der Waals surface area contributed by atoms with Gasteiger partial charge >= 0.3 is 5.69 Å². The van der Waals surface area contributed by atoms with Crippen LogP contribution in [0.4, 0.5) is 5.82 Å². The molecule has 1 aromatic heterocycles. The van der Waals surface area contributed by atoms with E-state index in [0.29, 0.717) is 5.56 Å². The van der Waals surface area contributed by atoms with Crippen LogP contribution in [0.3, 0.4) is 0 Å². The van der Waals surface area contributed by atoms with E-state index in [4.69, 9.17) is 5.73 Å². The zero-order valence-electron chi connectivity index (χ0n) is 12.1. The van der Waals surface area contributed by atoms with Gasteiger partial charge < -0.3 is 5.73 Å². The van der Waals surface area contributed by atoms with Gasteiger partial charge in [0.2, 0.25) is 0 Å². The first kappa shape index (κ1) is 15.2. The molecule has 0 saturated carbocycles. The van der Waals surface area contributed by atoms with Crippen LogP contribution in [0.2, 0.25) is 0 Å². The smallest absolute Gasteiger partial charge is 0.332 e. The fraction of sp³-hybridized carbons (Fsp3) is 0.143. The fourth-order valence-corrected chi connectivity index (χ4v) is 1.82. The van der Waals surface area contributed by atoms with Gasteiger partial charge in [-0.2, -0.15) is 5.10 Å². The van der Waals surface area contributed by atoms with E-state index in [0.717, 1.165) is 15.3 Å².